The Morgan fingerprint density at radius 2 is 2.10 bits per heavy atom. The summed E-state index contributed by atoms with van der Waals surface area (Å²) in [7, 11) is 0. The fourth-order valence-electron chi connectivity index (χ4n) is 1.80. The van der Waals surface area contributed by atoms with Gasteiger partial charge in [0.25, 0.3) is 0 Å². The Kier molecular flexibility index (Phi) is 5.95. The maximum Gasteiger partial charge on any atom is 0.311 e. The van der Waals surface area contributed by atoms with Crippen LogP contribution in [0.15, 0.2) is 18.2 Å². The summed E-state index contributed by atoms with van der Waals surface area (Å²) < 4.78 is 5.45. The third-order valence-corrected chi connectivity index (χ3v) is 2.72. The molecule has 0 amide bonds. The lowest BCUT2D eigenvalue weighted by molar-refractivity contribution is -0.386. The number of aliphatic carboxylic acids is 1. The fourth-order valence-corrected chi connectivity index (χ4v) is 1.80. The van der Waals surface area contributed by atoms with Crippen LogP contribution in [-0.4, -0.2) is 28.1 Å². The lowest BCUT2D eigenvalue weighted by Crippen LogP contribution is -2.17. The number of benzene rings is 1. The molecule has 1 aromatic carbocycles. The lowest BCUT2D eigenvalue weighted by atomic mass is 10.1. The average molecular weight is 296 g/mol. The van der Waals surface area contributed by atoms with Crippen molar-refractivity contribution in [1.29, 1.82) is 0 Å². The Labute approximate surface area is 123 Å². The third kappa shape index (κ3) is 5.68. The SMILES string of the molecule is CC(CCC(=O)O)Nc1ccc([N+](=O)[O-])c(OC(C)C)c1. The number of anilines is 1. The van der Waals surface area contributed by atoms with E-state index in [0.717, 1.165) is 0 Å². The molecular formula is C14H20N2O5. The van der Waals surface area contributed by atoms with E-state index < -0.39 is 10.9 Å². The Morgan fingerprint density at radius 3 is 2.62 bits per heavy atom. The Hall–Kier alpha value is -2.31. The molecule has 0 bridgehead atoms. The van der Waals surface area contributed by atoms with Crippen LogP contribution in [0.25, 0.3) is 0 Å². The van der Waals surface area contributed by atoms with Crippen LogP contribution in [0.4, 0.5) is 11.4 Å². The van der Waals surface area contributed by atoms with Crippen molar-refractivity contribution in [2.45, 2.75) is 45.8 Å². The van der Waals surface area contributed by atoms with Gasteiger partial charge in [-0.1, -0.05) is 0 Å². The van der Waals surface area contributed by atoms with E-state index in [9.17, 15) is 14.9 Å². The molecule has 0 aliphatic heterocycles. The maximum absolute atomic E-state index is 11.0. The Bertz CT molecular complexity index is 516. The number of nitro groups is 1. The number of carboxylic acids is 1. The summed E-state index contributed by atoms with van der Waals surface area (Å²) in [6.45, 7) is 5.44. The zero-order chi connectivity index (χ0) is 16.0. The van der Waals surface area contributed by atoms with E-state index in [1.807, 2.05) is 6.92 Å². The minimum atomic E-state index is -0.851. The van der Waals surface area contributed by atoms with Crippen LogP contribution in [0.1, 0.15) is 33.6 Å². The number of hydrogen-bond acceptors (Lipinski definition) is 5. The summed E-state index contributed by atoms with van der Waals surface area (Å²) in [5.41, 5.74) is 0.571. The van der Waals surface area contributed by atoms with Crippen molar-refractivity contribution < 1.29 is 19.6 Å². The molecule has 1 unspecified atom stereocenters. The molecule has 1 atom stereocenters. The number of carboxylic acid groups (broad SMARTS) is 1. The number of ether oxygens (including phenoxy) is 1. The average Bonchev–Trinajstić information content (AvgIpc) is 2.35. The van der Waals surface area contributed by atoms with Crippen LogP contribution < -0.4 is 10.1 Å². The number of nitro benzene ring substituents is 1. The largest absolute Gasteiger partial charge is 0.484 e. The molecule has 1 aromatic rings. The minimum Gasteiger partial charge on any atom is -0.484 e. The second kappa shape index (κ2) is 7.47. The van der Waals surface area contributed by atoms with Crippen LogP contribution in [-0.2, 0) is 4.79 Å². The van der Waals surface area contributed by atoms with Crippen molar-refractivity contribution in [2.24, 2.45) is 0 Å². The predicted molar refractivity (Wildman–Crippen MR) is 78.8 cm³/mol. The van der Waals surface area contributed by atoms with Crippen LogP contribution in [0, 0.1) is 10.1 Å². The molecule has 7 nitrogen and oxygen atoms in total. The molecule has 0 aromatic heterocycles. The first-order chi connectivity index (χ1) is 9.79. The van der Waals surface area contributed by atoms with Crippen molar-refractivity contribution in [3.63, 3.8) is 0 Å². The van der Waals surface area contributed by atoms with E-state index in [1.54, 1.807) is 26.0 Å². The predicted octanol–water partition coefficient (Wildman–Crippen LogP) is 3.05. The van der Waals surface area contributed by atoms with Gasteiger partial charge in [-0.05, 0) is 33.3 Å². The molecule has 0 fully saturated rings. The van der Waals surface area contributed by atoms with Gasteiger partial charge < -0.3 is 15.2 Å². The summed E-state index contributed by atoms with van der Waals surface area (Å²) in [6, 6.07) is 4.47. The molecule has 0 saturated heterocycles. The first kappa shape index (κ1) is 16.7. The van der Waals surface area contributed by atoms with Gasteiger partial charge in [-0.3, -0.25) is 14.9 Å². The zero-order valence-electron chi connectivity index (χ0n) is 12.3. The molecule has 0 saturated carbocycles. The van der Waals surface area contributed by atoms with Gasteiger partial charge in [-0.25, -0.2) is 0 Å². The molecule has 116 valence electrons. The van der Waals surface area contributed by atoms with Gasteiger partial charge in [-0.15, -0.1) is 0 Å². The quantitative estimate of drug-likeness (QED) is 0.564. The van der Waals surface area contributed by atoms with Gasteiger partial charge in [0.05, 0.1) is 11.0 Å². The van der Waals surface area contributed by atoms with E-state index in [4.69, 9.17) is 9.84 Å². The molecule has 0 spiro atoms. The normalized spacial score (nSPS) is 12.0. The van der Waals surface area contributed by atoms with Crippen molar-refractivity contribution >= 4 is 17.3 Å². The van der Waals surface area contributed by atoms with Crippen molar-refractivity contribution in [3.05, 3.63) is 28.3 Å². The smallest absolute Gasteiger partial charge is 0.311 e. The second-order valence-electron chi connectivity index (χ2n) is 5.08. The highest BCUT2D eigenvalue weighted by Gasteiger charge is 2.17. The van der Waals surface area contributed by atoms with Gasteiger partial charge >= 0.3 is 11.7 Å². The summed E-state index contributed by atoms with van der Waals surface area (Å²) in [5, 5.41) is 22.7. The highest BCUT2D eigenvalue weighted by atomic mass is 16.6. The number of hydrogen-bond donors (Lipinski definition) is 2. The molecule has 0 aliphatic carbocycles. The number of nitrogens with zero attached hydrogens (tertiary/aromatic N) is 1. The van der Waals surface area contributed by atoms with Gasteiger partial charge in [0.2, 0.25) is 0 Å². The Balaban J connectivity index is 2.84. The topological polar surface area (TPSA) is 102 Å². The fraction of sp³-hybridized carbons (Fsp3) is 0.500. The lowest BCUT2D eigenvalue weighted by Gasteiger charge is -2.16. The van der Waals surface area contributed by atoms with Crippen LogP contribution in [0.5, 0.6) is 5.75 Å². The molecular weight excluding hydrogens is 276 g/mol. The number of nitrogens with one attached hydrogen (secondary N) is 1. The van der Waals surface area contributed by atoms with Crippen LogP contribution >= 0.6 is 0 Å². The van der Waals surface area contributed by atoms with Crippen molar-refractivity contribution in [3.8, 4) is 5.75 Å². The van der Waals surface area contributed by atoms with Crippen molar-refractivity contribution in [2.75, 3.05) is 5.32 Å². The third-order valence-electron chi connectivity index (χ3n) is 2.72. The molecule has 7 heteroatoms. The summed E-state index contributed by atoms with van der Waals surface area (Å²) in [5.74, 6) is -0.651. The zero-order valence-corrected chi connectivity index (χ0v) is 12.3. The summed E-state index contributed by atoms with van der Waals surface area (Å²) in [4.78, 5) is 21.0. The summed E-state index contributed by atoms with van der Waals surface area (Å²) in [6.07, 6.45) is 0.354. The standard InChI is InChI=1S/C14H20N2O5/c1-9(2)21-13-8-11(5-6-12(13)16(19)20)15-10(3)4-7-14(17)18/h5-6,8-10,15H,4,7H2,1-3H3,(H,17,18). The van der Waals surface area contributed by atoms with Gasteiger partial charge in [0.1, 0.15) is 0 Å². The molecule has 0 heterocycles. The molecule has 2 N–H and O–H groups in total. The maximum atomic E-state index is 11.0. The molecule has 0 radical (unpaired) electrons. The number of rotatable bonds is 8. The van der Waals surface area contributed by atoms with Gasteiger partial charge in [0, 0.05) is 30.3 Å². The van der Waals surface area contributed by atoms with Crippen LogP contribution in [0.2, 0.25) is 0 Å². The van der Waals surface area contributed by atoms with E-state index in [1.165, 1.54) is 6.07 Å². The first-order valence-corrected chi connectivity index (χ1v) is 6.73. The Morgan fingerprint density at radius 1 is 1.43 bits per heavy atom. The highest BCUT2D eigenvalue weighted by Crippen LogP contribution is 2.31. The minimum absolute atomic E-state index is 0.0607. The van der Waals surface area contributed by atoms with E-state index in [2.05, 4.69) is 5.32 Å². The number of carbonyl (C=O) groups is 1. The highest BCUT2D eigenvalue weighted by molar-refractivity contribution is 5.66. The van der Waals surface area contributed by atoms with E-state index in [0.29, 0.717) is 12.1 Å². The van der Waals surface area contributed by atoms with E-state index >= 15 is 0 Å². The molecule has 1 rings (SSSR count). The van der Waals surface area contributed by atoms with Crippen LogP contribution in [0.3, 0.4) is 0 Å². The van der Waals surface area contributed by atoms with Gasteiger partial charge in [0.15, 0.2) is 5.75 Å². The van der Waals surface area contributed by atoms with Crippen molar-refractivity contribution in [1.82, 2.24) is 0 Å². The van der Waals surface area contributed by atoms with E-state index in [-0.39, 0.29) is 30.0 Å². The first-order valence-electron chi connectivity index (χ1n) is 6.73. The second-order valence-corrected chi connectivity index (χ2v) is 5.08. The van der Waals surface area contributed by atoms with Gasteiger partial charge in [-0.2, -0.15) is 0 Å². The summed E-state index contributed by atoms with van der Waals surface area (Å²) >= 11 is 0. The molecule has 21 heavy (non-hydrogen) atoms. The monoisotopic (exact) mass is 296 g/mol. The molecule has 0 aliphatic rings.